The summed E-state index contributed by atoms with van der Waals surface area (Å²) in [6.45, 7) is 2.34. The molecule has 9 heteroatoms. The lowest BCUT2D eigenvalue weighted by Crippen LogP contribution is -2.32. The first kappa shape index (κ1) is 14.4. The Bertz CT molecular complexity index is 682. The molecule has 0 amide bonds. The third-order valence-corrected chi connectivity index (χ3v) is 5.94. The average molecular weight is 315 g/mol. The van der Waals surface area contributed by atoms with Crippen LogP contribution < -0.4 is 5.32 Å². The van der Waals surface area contributed by atoms with Gasteiger partial charge >= 0.3 is 5.69 Å². The molecule has 0 unspecified atom stereocenters. The van der Waals surface area contributed by atoms with Crippen LogP contribution in [0.25, 0.3) is 0 Å². The number of hydrogen-bond acceptors (Lipinski definition) is 5. The van der Waals surface area contributed by atoms with Crippen molar-refractivity contribution >= 4 is 15.7 Å². The molecule has 0 aliphatic carbocycles. The van der Waals surface area contributed by atoms with E-state index in [4.69, 9.17) is 0 Å². The maximum atomic E-state index is 13.3. The van der Waals surface area contributed by atoms with Gasteiger partial charge in [0.25, 0.3) is 0 Å². The van der Waals surface area contributed by atoms with Gasteiger partial charge in [-0.1, -0.05) is 0 Å². The summed E-state index contributed by atoms with van der Waals surface area (Å²) in [6, 6.07) is 2.69. The first-order valence-corrected chi connectivity index (χ1v) is 7.98. The van der Waals surface area contributed by atoms with Gasteiger partial charge in [0.05, 0.1) is 9.82 Å². The van der Waals surface area contributed by atoms with E-state index in [9.17, 15) is 22.9 Å². The minimum Gasteiger partial charge on any atom is -0.316 e. The predicted octanol–water partition coefficient (Wildman–Crippen LogP) is 0.574. The molecule has 2 saturated heterocycles. The molecule has 2 fully saturated rings. The van der Waals surface area contributed by atoms with Gasteiger partial charge < -0.3 is 5.32 Å². The molecule has 1 N–H and O–H groups in total. The van der Waals surface area contributed by atoms with E-state index in [1.807, 2.05) is 0 Å². The maximum absolute atomic E-state index is 13.3. The van der Waals surface area contributed by atoms with Gasteiger partial charge in [-0.3, -0.25) is 10.1 Å². The standard InChI is InChI=1S/C12H14FN3O4S/c13-11-2-1-10(3-12(11)16(17)18)21(19,20)15-6-8-4-14-5-9(8)7-15/h1-3,8-9,14H,4-7H2/t8-,9+. The van der Waals surface area contributed by atoms with Crippen LogP contribution in [0.1, 0.15) is 0 Å². The van der Waals surface area contributed by atoms with Crippen LogP contribution in [0, 0.1) is 27.8 Å². The van der Waals surface area contributed by atoms with Gasteiger partial charge in [-0.25, -0.2) is 8.42 Å². The van der Waals surface area contributed by atoms with Crippen molar-refractivity contribution in [2.45, 2.75) is 4.90 Å². The fraction of sp³-hybridized carbons (Fsp3) is 0.500. The van der Waals surface area contributed by atoms with Gasteiger partial charge in [0.2, 0.25) is 15.8 Å². The SMILES string of the molecule is O=[N+]([O-])c1cc(S(=O)(=O)N2C[C@H]3CNC[C@H]3C2)ccc1F. The Hall–Kier alpha value is -1.58. The van der Waals surface area contributed by atoms with Crippen molar-refractivity contribution < 1.29 is 17.7 Å². The van der Waals surface area contributed by atoms with Gasteiger partial charge in [-0.15, -0.1) is 0 Å². The number of fused-ring (bicyclic) bond motifs is 1. The van der Waals surface area contributed by atoms with Crippen molar-refractivity contribution in [1.29, 1.82) is 0 Å². The molecule has 2 heterocycles. The van der Waals surface area contributed by atoms with Crippen molar-refractivity contribution in [2.75, 3.05) is 26.2 Å². The van der Waals surface area contributed by atoms with Crippen molar-refractivity contribution in [1.82, 2.24) is 9.62 Å². The lowest BCUT2D eigenvalue weighted by atomic mass is 10.0. The molecule has 21 heavy (non-hydrogen) atoms. The van der Waals surface area contributed by atoms with E-state index in [0.717, 1.165) is 31.3 Å². The molecule has 2 aliphatic heterocycles. The quantitative estimate of drug-likeness (QED) is 0.650. The van der Waals surface area contributed by atoms with Crippen molar-refractivity contribution in [3.63, 3.8) is 0 Å². The zero-order valence-corrected chi connectivity index (χ0v) is 11.8. The normalized spacial score (nSPS) is 26.0. The Morgan fingerprint density at radius 3 is 2.48 bits per heavy atom. The van der Waals surface area contributed by atoms with E-state index in [2.05, 4.69) is 5.32 Å². The molecule has 1 aromatic carbocycles. The highest BCUT2D eigenvalue weighted by atomic mass is 32.2. The number of nitrogens with one attached hydrogen (secondary N) is 1. The summed E-state index contributed by atoms with van der Waals surface area (Å²) < 4.78 is 39.7. The van der Waals surface area contributed by atoms with Gasteiger partial charge in [0.15, 0.2) is 0 Å². The molecule has 114 valence electrons. The lowest BCUT2D eigenvalue weighted by molar-refractivity contribution is -0.387. The molecule has 0 aromatic heterocycles. The second kappa shape index (κ2) is 5.00. The number of hydrogen-bond donors (Lipinski definition) is 1. The fourth-order valence-electron chi connectivity index (χ4n) is 2.95. The number of nitro benzene ring substituents is 1. The molecule has 1 aromatic rings. The number of halogens is 1. The Morgan fingerprint density at radius 2 is 1.90 bits per heavy atom. The van der Waals surface area contributed by atoms with E-state index in [1.165, 1.54) is 4.31 Å². The first-order valence-electron chi connectivity index (χ1n) is 6.54. The number of nitrogens with zero attached hydrogens (tertiary/aromatic N) is 2. The van der Waals surface area contributed by atoms with Crippen LogP contribution in [0.3, 0.4) is 0 Å². The molecular weight excluding hydrogens is 301 g/mol. The van der Waals surface area contributed by atoms with Crippen LogP contribution in [0.4, 0.5) is 10.1 Å². The third kappa shape index (κ3) is 2.41. The lowest BCUT2D eigenvalue weighted by Gasteiger charge is -2.17. The van der Waals surface area contributed by atoms with Gasteiger partial charge in [0, 0.05) is 19.2 Å². The van der Waals surface area contributed by atoms with Crippen molar-refractivity contribution in [2.24, 2.45) is 11.8 Å². The Balaban J connectivity index is 1.92. The minimum atomic E-state index is -3.82. The summed E-state index contributed by atoms with van der Waals surface area (Å²) in [7, 11) is -3.82. The van der Waals surface area contributed by atoms with Gasteiger partial charge in [0.1, 0.15) is 0 Å². The van der Waals surface area contributed by atoms with Gasteiger partial charge in [-0.05, 0) is 37.1 Å². The zero-order valence-electron chi connectivity index (χ0n) is 11.0. The molecule has 0 saturated carbocycles. The highest BCUT2D eigenvalue weighted by Gasteiger charge is 2.41. The van der Waals surface area contributed by atoms with Crippen molar-refractivity contribution in [3.8, 4) is 0 Å². The highest BCUT2D eigenvalue weighted by Crippen LogP contribution is 2.32. The Kier molecular flexibility index (Phi) is 3.42. The molecule has 0 radical (unpaired) electrons. The van der Waals surface area contributed by atoms with Crippen LogP contribution in [0.2, 0.25) is 0 Å². The second-order valence-electron chi connectivity index (χ2n) is 5.37. The monoisotopic (exact) mass is 315 g/mol. The van der Waals surface area contributed by atoms with E-state index in [1.54, 1.807) is 0 Å². The number of rotatable bonds is 3. The smallest absolute Gasteiger partial charge is 0.306 e. The summed E-state index contributed by atoms with van der Waals surface area (Å²) >= 11 is 0. The minimum absolute atomic E-state index is 0.233. The third-order valence-electron chi connectivity index (χ3n) is 4.11. The summed E-state index contributed by atoms with van der Waals surface area (Å²) in [5.41, 5.74) is -0.822. The molecule has 7 nitrogen and oxygen atoms in total. The van der Waals surface area contributed by atoms with E-state index in [0.29, 0.717) is 13.1 Å². The fourth-order valence-corrected chi connectivity index (χ4v) is 4.52. The summed E-state index contributed by atoms with van der Waals surface area (Å²) in [5.74, 6) is -0.494. The predicted molar refractivity (Wildman–Crippen MR) is 71.7 cm³/mol. The second-order valence-corrected chi connectivity index (χ2v) is 7.31. The molecule has 2 aliphatic rings. The summed E-state index contributed by atoms with van der Waals surface area (Å²) in [6.07, 6.45) is 0. The van der Waals surface area contributed by atoms with Crippen molar-refractivity contribution in [3.05, 3.63) is 34.1 Å². The Labute approximate surface area is 120 Å². The number of nitro groups is 1. The zero-order chi connectivity index (χ0) is 15.2. The average Bonchev–Trinajstić information content (AvgIpc) is 2.99. The van der Waals surface area contributed by atoms with E-state index in [-0.39, 0.29) is 16.7 Å². The van der Waals surface area contributed by atoms with Crippen LogP contribution in [0.15, 0.2) is 23.1 Å². The van der Waals surface area contributed by atoms with Crippen LogP contribution in [0.5, 0.6) is 0 Å². The van der Waals surface area contributed by atoms with E-state index >= 15 is 0 Å². The first-order chi connectivity index (χ1) is 9.89. The molecule has 0 bridgehead atoms. The molecule has 0 spiro atoms. The number of benzene rings is 1. The highest BCUT2D eigenvalue weighted by molar-refractivity contribution is 7.89. The van der Waals surface area contributed by atoms with Crippen LogP contribution >= 0.6 is 0 Å². The maximum Gasteiger partial charge on any atom is 0.306 e. The molecule has 2 atom stereocenters. The van der Waals surface area contributed by atoms with E-state index < -0.39 is 26.5 Å². The van der Waals surface area contributed by atoms with Crippen LogP contribution in [-0.4, -0.2) is 43.8 Å². The summed E-state index contributed by atoms with van der Waals surface area (Å²) in [4.78, 5) is 9.58. The summed E-state index contributed by atoms with van der Waals surface area (Å²) in [5, 5.41) is 13.9. The largest absolute Gasteiger partial charge is 0.316 e. The number of sulfonamides is 1. The Morgan fingerprint density at radius 1 is 1.29 bits per heavy atom. The molecular formula is C12H14FN3O4S. The topological polar surface area (TPSA) is 92.5 Å². The van der Waals surface area contributed by atoms with Gasteiger partial charge in [-0.2, -0.15) is 8.70 Å². The van der Waals surface area contributed by atoms with Crippen LogP contribution in [-0.2, 0) is 10.0 Å². The molecule has 3 rings (SSSR count).